The average molecular weight is 525 g/mol. The second-order valence-electron chi connectivity index (χ2n) is 7.95. The zero-order valence-corrected chi connectivity index (χ0v) is 22.0. The van der Waals surface area contributed by atoms with E-state index in [4.69, 9.17) is 33.3 Å². The van der Waals surface area contributed by atoms with Gasteiger partial charge in [-0.05, 0) is 61.0 Å². The first kappa shape index (κ1) is 25.1. The highest BCUT2D eigenvalue weighted by Gasteiger charge is 2.33. The molecule has 0 aliphatic carbocycles. The number of halogens is 1. The molecule has 1 fully saturated rings. The van der Waals surface area contributed by atoms with Gasteiger partial charge in [-0.2, -0.15) is 0 Å². The number of amides is 1. The highest BCUT2D eigenvalue weighted by atomic mass is 35.5. The fourth-order valence-electron chi connectivity index (χ4n) is 3.51. The van der Waals surface area contributed by atoms with Crippen LogP contribution in [0.15, 0.2) is 71.6 Å². The van der Waals surface area contributed by atoms with E-state index < -0.39 is 0 Å². The van der Waals surface area contributed by atoms with E-state index in [9.17, 15) is 4.79 Å². The lowest BCUT2D eigenvalue weighted by molar-refractivity contribution is -0.113. The Morgan fingerprint density at radius 3 is 2.46 bits per heavy atom. The number of nitrogens with zero attached hydrogens (tertiary/aromatic N) is 2. The quantitative estimate of drug-likeness (QED) is 0.239. The number of benzene rings is 3. The minimum absolute atomic E-state index is 0.144. The SMILES string of the molecule is CCOc1cc(/C=C2/SC(=S)N(c3ccc(N(C)C)cc3)C2=O)ccc1OCc1ccccc1Cl. The lowest BCUT2D eigenvalue weighted by Gasteiger charge is -2.17. The van der Waals surface area contributed by atoms with Gasteiger partial charge in [-0.15, -0.1) is 0 Å². The molecule has 1 aliphatic heterocycles. The van der Waals surface area contributed by atoms with Crippen molar-refractivity contribution in [2.75, 3.05) is 30.5 Å². The fourth-order valence-corrected chi connectivity index (χ4v) is 5.00. The van der Waals surface area contributed by atoms with Gasteiger partial charge in [0.1, 0.15) is 6.61 Å². The molecule has 0 atom stereocenters. The van der Waals surface area contributed by atoms with Crippen LogP contribution in [0.25, 0.3) is 6.08 Å². The summed E-state index contributed by atoms with van der Waals surface area (Å²) in [4.78, 5) is 17.3. The molecule has 0 radical (unpaired) electrons. The molecule has 0 spiro atoms. The van der Waals surface area contributed by atoms with E-state index in [2.05, 4.69) is 0 Å². The van der Waals surface area contributed by atoms with Crippen molar-refractivity contribution in [1.29, 1.82) is 0 Å². The molecular weight excluding hydrogens is 500 g/mol. The number of thioether (sulfide) groups is 1. The molecule has 0 bridgehead atoms. The van der Waals surface area contributed by atoms with E-state index in [-0.39, 0.29) is 5.91 Å². The van der Waals surface area contributed by atoms with E-state index in [1.807, 2.05) is 98.7 Å². The van der Waals surface area contributed by atoms with Crippen LogP contribution in [0.1, 0.15) is 18.1 Å². The van der Waals surface area contributed by atoms with Crippen LogP contribution in [0.2, 0.25) is 5.02 Å². The average Bonchev–Trinajstić information content (AvgIpc) is 3.12. The molecular formula is C27H25ClN2O3S2. The van der Waals surface area contributed by atoms with Crippen molar-refractivity contribution in [2.45, 2.75) is 13.5 Å². The summed E-state index contributed by atoms with van der Waals surface area (Å²) in [6.45, 7) is 2.72. The number of ether oxygens (including phenoxy) is 2. The molecule has 1 aliphatic rings. The predicted octanol–water partition coefficient (Wildman–Crippen LogP) is 6.79. The summed E-state index contributed by atoms with van der Waals surface area (Å²) in [7, 11) is 3.95. The van der Waals surface area contributed by atoms with Crippen LogP contribution in [-0.2, 0) is 11.4 Å². The third kappa shape index (κ3) is 5.81. The van der Waals surface area contributed by atoms with Crippen molar-refractivity contribution >= 4 is 63.3 Å². The number of hydrogen-bond acceptors (Lipinski definition) is 6. The van der Waals surface area contributed by atoms with Gasteiger partial charge in [0.05, 0.1) is 17.2 Å². The van der Waals surface area contributed by atoms with Gasteiger partial charge >= 0.3 is 0 Å². The Bertz CT molecular complexity index is 1280. The molecule has 35 heavy (non-hydrogen) atoms. The largest absolute Gasteiger partial charge is 0.490 e. The summed E-state index contributed by atoms with van der Waals surface area (Å²) in [5.74, 6) is 1.06. The third-order valence-electron chi connectivity index (χ3n) is 5.32. The molecule has 3 aromatic rings. The maximum Gasteiger partial charge on any atom is 0.270 e. The lowest BCUT2D eigenvalue weighted by atomic mass is 10.1. The number of hydrogen-bond donors (Lipinski definition) is 0. The van der Waals surface area contributed by atoms with Gasteiger partial charge in [0.25, 0.3) is 5.91 Å². The minimum atomic E-state index is -0.144. The second kappa shape index (κ2) is 11.2. The van der Waals surface area contributed by atoms with Gasteiger partial charge in [0, 0.05) is 30.4 Å². The van der Waals surface area contributed by atoms with Crippen LogP contribution < -0.4 is 19.3 Å². The number of rotatable bonds is 8. The summed E-state index contributed by atoms with van der Waals surface area (Å²) < 4.78 is 12.3. The highest BCUT2D eigenvalue weighted by Crippen LogP contribution is 2.38. The Hall–Kier alpha value is -3.00. The number of thiocarbonyl (C=S) groups is 1. The van der Waals surface area contributed by atoms with E-state index >= 15 is 0 Å². The van der Waals surface area contributed by atoms with Gasteiger partial charge in [-0.1, -0.05) is 59.8 Å². The molecule has 8 heteroatoms. The monoisotopic (exact) mass is 524 g/mol. The van der Waals surface area contributed by atoms with E-state index in [1.54, 1.807) is 4.90 Å². The minimum Gasteiger partial charge on any atom is -0.490 e. The van der Waals surface area contributed by atoms with Crippen molar-refractivity contribution < 1.29 is 14.3 Å². The predicted molar refractivity (Wildman–Crippen MR) is 150 cm³/mol. The topological polar surface area (TPSA) is 42.0 Å². The summed E-state index contributed by atoms with van der Waals surface area (Å²) in [6.07, 6.45) is 1.83. The first-order valence-corrected chi connectivity index (χ1v) is 12.7. The molecule has 3 aromatic carbocycles. The van der Waals surface area contributed by atoms with Gasteiger partial charge in [-0.3, -0.25) is 9.69 Å². The van der Waals surface area contributed by atoms with Crippen molar-refractivity contribution in [3.8, 4) is 11.5 Å². The van der Waals surface area contributed by atoms with Crippen LogP contribution in [0.5, 0.6) is 11.5 Å². The van der Waals surface area contributed by atoms with Gasteiger partial charge in [-0.25, -0.2) is 0 Å². The van der Waals surface area contributed by atoms with Crippen LogP contribution in [0, 0.1) is 0 Å². The molecule has 4 rings (SSSR count). The van der Waals surface area contributed by atoms with Crippen LogP contribution >= 0.6 is 35.6 Å². The lowest BCUT2D eigenvalue weighted by Crippen LogP contribution is -2.27. The van der Waals surface area contributed by atoms with Crippen LogP contribution in [-0.4, -0.2) is 30.9 Å². The van der Waals surface area contributed by atoms with Crippen molar-refractivity contribution in [1.82, 2.24) is 0 Å². The van der Waals surface area contributed by atoms with Gasteiger partial charge < -0.3 is 14.4 Å². The van der Waals surface area contributed by atoms with E-state index in [1.165, 1.54) is 11.8 Å². The summed E-state index contributed by atoms with van der Waals surface area (Å²) >= 11 is 13.0. The number of carbonyl (C=O) groups excluding carboxylic acids is 1. The molecule has 1 saturated heterocycles. The van der Waals surface area contributed by atoms with E-state index in [0.29, 0.717) is 39.0 Å². The number of anilines is 2. The molecule has 0 unspecified atom stereocenters. The molecule has 0 aromatic heterocycles. The van der Waals surface area contributed by atoms with Crippen LogP contribution in [0.4, 0.5) is 11.4 Å². The third-order valence-corrected chi connectivity index (χ3v) is 7.00. The van der Waals surface area contributed by atoms with Crippen molar-refractivity contribution in [2.24, 2.45) is 0 Å². The zero-order chi connectivity index (χ0) is 24.9. The summed E-state index contributed by atoms with van der Waals surface area (Å²) in [6, 6.07) is 20.9. The fraction of sp³-hybridized carbons (Fsp3) is 0.185. The highest BCUT2D eigenvalue weighted by molar-refractivity contribution is 8.27. The second-order valence-corrected chi connectivity index (χ2v) is 10.0. The normalized spacial score (nSPS) is 14.5. The van der Waals surface area contributed by atoms with Crippen LogP contribution in [0.3, 0.4) is 0 Å². The molecule has 1 heterocycles. The Labute approximate surface area is 220 Å². The standard InChI is InChI=1S/C27H25ClN2O3S2/c1-4-32-24-15-18(9-14-23(24)33-17-19-7-5-6-8-22(19)28)16-25-26(31)30(27(34)35-25)21-12-10-20(11-13-21)29(2)3/h5-16H,4,17H2,1-3H3/b25-16+. The van der Waals surface area contributed by atoms with Crippen molar-refractivity contribution in [3.63, 3.8) is 0 Å². The number of carbonyl (C=O) groups is 1. The van der Waals surface area contributed by atoms with E-state index in [0.717, 1.165) is 22.5 Å². The molecule has 5 nitrogen and oxygen atoms in total. The molecule has 180 valence electrons. The zero-order valence-electron chi connectivity index (χ0n) is 19.7. The Kier molecular flexibility index (Phi) is 8.00. The molecule has 0 saturated carbocycles. The Balaban J connectivity index is 1.54. The van der Waals surface area contributed by atoms with Gasteiger partial charge in [0.15, 0.2) is 15.8 Å². The Morgan fingerprint density at radius 2 is 1.77 bits per heavy atom. The van der Waals surface area contributed by atoms with Crippen molar-refractivity contribution in [3.05, 3.63) is 87.8 Å². The Morgan fingerprint density at radius 1 is 1.03 bits per heavy atom. The maximum absolute atomic E-state index is 13.2. The summed E-state index contributed by atoms with van der Waals surface area (Å²) in [5, 5.41) is 0.653. The molecule has 0 N–H and O–H groups in total. The van der Waals surface area contributed by atoms with Gasteiger partial charge in [0.2, 0.25) is 0 Å². The molecule has 1 amide bonds. The first-order chi connectivity index (χ1) is 16.9. The summed E-state index contributed by atoms with van der Waals surface area (Å²) in [5.41, 5.74) is 3.51. The maximum atomic E-state index is 13.2. The smallest absolute Gasteiger partial charge is 0.270 e. The first-order valence-electron chi connectivity index (χ1n) is 11.1.